The summed E-state index contributed by atoms with van der Waals surface area (Å²) in [5.41, 5.74) is 0. The van der Waals surface area contributed by atoms with E-state index in [0.29, 0.717) is 5.82 Å². The first-order valence-electron chi connectivity index (χ1n) is 7.51. The predicted octanol–water partition coefficient (Wildman–Crippen LogP) is 3.68. The van der Waals surface area contributed by atoms with Crippen molar-refractivity contribution in [2.75, 3.05) is 5.32 Å². The molecular formula is C15H20ClN3O. The Morgan fingerprint density at radius 3 is 2.65 bits per heavy atom. The molecule has 2 aliphatic carbocycles. The van der Waals surface area contributed by atoms with E-state index in [1.54, 1.807) is 6.20 Å². The Morgan fingerprint density at radius 1 is 1.10 bits per heavy atom. The van der Waals surface area contributed by atoms with Crippen molar-refractivity contribution in [2.45, 2.75) is 44.9 Å². The molecule has 0 saturated heterocycles. The number of hydrogen-bond acceptors (Lipinski definition) is 3. The van der Waals surface area contributed by atoms with E-state index in [2.05, 4.69) is 15.3 Å². The lowest BCUT2D eigenvalue weighted by atomic mass is 9.67. The van der Waals surface area contributed by atoms with E-state index in [4.69, 9.17) is 11.6 Å². The lowest BCUT2D eigenvalue weighted by Gasteiger charge is -2.38. The van der Waals surface area contributed by atoms with Gasteiger partial charge in [0.1, 0.15) is 0 Å². The number of carbonyl (C=O) groups excluding carboxylic acids is 1. The molecule has 4 nitrogen and oxygen atoms in total. The first-order chi connectivity index (χ1) is 9.74. The van der Waals surface area contributed by atoms with Crippen LogP contribution < -0.4 is 5.32 Å². The van der Waals surface area contributed by atoms with Crippen LogP contribution in [0, 0.1) is 17.8 Å². The number of rotatable bonds is 2. The minimum Gasteiger partial charge on any atom is -0.308 e. The maximum atomic E-state index is 12.4. The molecule has 2 aliphatic rings. The quantitative estimate of drug-likeness (QED) is 0.905. The molecule has 3 rings (SSSR count). The summed E-state index contributed by atoms with van der Waals surface area (Å²) in [4.78, 5) is 20.4. The van der Waals surface area contributed by atoms with Gasteiger partial charge in [0.25, 0.3) is 0 Å². The number of aromatic nitrogens is 2. The van der Waals surface area contributed by atoms with Crippen LogP contribution in [0.2, 0.25) is 5.15 Å². The molecule has 1 amide bonds. The summed E-state index contributed by atoms with van der Waals surface area (Å²) in [5.74, 6) is 2.13. The highest BCUT2D eigenvalue weighted by atomic mass is 35.5. The first-order valence-corrected chi connectivity index (χ1v) is 7.89. The van der Waals surface area contributed by atoms with E-state index in [1.165, 1.54) is 38.3 Å². The lowest BCUT2D eigenvalue weighted by molar-refractivity contribution is -0.122. The Kier molecular flexibility index (Phi) is 4.20. The number of nitrogens with one attached hydrogen (secondary N) is 1. The van der Waals surface area contributed by atoms with Gasteiger partial charge in [-0.3, -0.25) is 4.79 Å². The molecule has 0 radical (unpaired) electrons. The maximum Gasteiger partial charge on any atom is 0.228 e. The van der Waals surface area contributed by atoms with Gasteiger partial charge < -0.3 is 5.32 Å². The second-order valence-corrected chi connectivity index (χ2v) is 6.36. The number of hydrogen-bond donors (Lipinski definition) is 1. The molecule has 0 aromatic carbocycles. The third-order valence-electron chi connectivity index (χ3n) is 4.81. The van der Waals surface area contributed by atoms with Crippen molar-refractivity contribution in [3.8, 4) is 0 Å². The van der Waals surface area contributed by atoms with Crippen molar-refractivity contribution < 1.29 is 4.79 Å². The van der Waals surface area contributed by atoms with Crippen LogP contribution in [0.25, 0.3) is 0 Å². The summed E-state index contributed by atoms with van der Waals surface area (Å²) >= 11 is 5.93. The molecule has 1 aromatic rings. The molecule has 0 aliphatic heterocycles. The molecular weight excluding hydrogens is 274 g/mol. The van der Waals surface area contributed by atoms with Crippen LogP contribution in [-0.4, -0.2) is 15.9 Å². The summed E-state index contributed by atoms with van der Waals surface area (Å²) in [5, 5.41) is 3.09. The molecule has 2 fully saturated rings. The molecule has 0 spiro atoms. The molecule has 20 heavy (non-hydrogen) atoms. The van der Waals surface area contributed by atoms with Crippen LogP contribution in [0.4, 0.5) is 5.82 Å². The number of amides is 1. The minimum absolute atomic E-state index is 0.0522. The zero-order valence-electron chi connectivity index (χ0n) is 11.5. The maximum absolute atomic E-state index is 12.4. The molecule has 5 heteroatoms. The van der Waals surface area contributed by atoms with Crippen molar-refractivity contribution in [3.63, 3.8) is 0 Å². The van der Waals surface area contributed by atoms with Crippen LogP contribution in [0.15, 0.2) is 12.4 Å². The Bertz CT molecular complexity index is 494. The van der Waals surface area contributed by atoms with E-state index < -0.39 is 0 Å². The molecule has 108 valence electrons. The summed E-state index contributed by atoms with van der Waals surface area (Å²) in [6, 6.07) is 0. The molecule has 0 bridgehead atoms. The Hall–Kier alpha value is -1.16. The highest BCUT2D eigenvalue weighted by Crippen LogP contribution is 2.42. The fourth-order valence-corrected chi connectivity index (χ4v) is 3.89. The number of fused-ring (bicyclic) bond motifs is 1. The van der Waals surface area contributed by atoms with Crippen molar-refractivity contribution in [2.24, 2.45) is 17.8 Å². The van der Waals surface area contributed by atoms with Gasteiger partial charge in [0.05, 0.1) is 0 Å². The minimum atomic E-state index is 0.0522. The van der Waals surface area contributed by atoms with Crippen LogP contribution in [0.3, 0.4) is 0 Å². The molecule has 3 unspecified atom stereocenters. The van der Waals surface area contributed by atoms with Gasteiger partial charge in [-0.05, 0) is 31.1 Å². The van der Waals surface area contributed by atoms with Crippen LogP contribution in [0.5, 0.6) is 0 Å². The third-order valence-corrected chi connectivity index (χ3v) is 5.08. The SMILES string of the molecule is O=C(Nc1nccnc1Cl)C1CCC2CCCCC2C1. The molecule has 1 heterocycles. The van der Waals surface area contributed by atoms with E-state index in [9.17, 15) is 4.79 Å². The van der Waals surface area contributed by atoms with Gasteiger partial charge in [-0.1, -0.05) is 37.3 Å². The van der Waals surface area contributed by atoms with Crippen LogP contribution >= 0.6 is 11.6 Å². The zero-order chi connectivity index (χ0) is 13.9. The van der Waals surface area contributed by atoms with Gasteiger partial charge in [0, 0.05) is 18.3 Å². The molecule has 3 atom stereocenters. The lowest BCUT2D eigenvalue weighted by Crippen LogP contribution is -2.34. The van der Waals surface area contributed by atoms with Crippen molar-refractivity contribution in [1.29, 1.82) is 0 Å². The van der Waals surface area contributed by atoms with Crippen LogP contribution in [0.1, 0.15) is 44.9 Å². The van der Waals surface area contributed by atoms with E-state index in [0.717, 1.165) is 24.7 Å². The second kappa shape index (κ2) is 6.08. The van der Waals surface area contributed by atoms with Crippen molar-refractivity contribution >= 4 is 23.3 Å². The smallest absolute Gasteiger partial charge is 0.228 e. The van der Waals surface area contributed by atoms with E-state index in [-0.39, 0.29) is 17.0 Å². The highest BCUT2D eigenvalue weighted by molar-refractivity contribution is 6.32. The van der Waals surface area contributed by atoms with E-state index >= 15 is 0 Å². The monoisotopic (exact) mass is 293 g/mol. The Balaban J connectivity index is 1.62. The Morgan fingerprint density at radius 2 is 1.85 bits per heavy atom. The van der Waals surface area contributed by atoms with Gasteiger partial charge in [-0.15, -0.1) is 0 Å². The number of carbonyl (C=O) groups is 1. The fraction of sp³-hybridized carbons (Fsp3) is 0.667. The largest absolute Gasteiger partial charge is 0.308 e. The average molecular weight is 294 g/mol. The van der Waals surface area contributed by atoms with E-state index in [1.807, 2.05) is 0 Å². The van der Waals surface area contributed by atoms with Crippen molar-refractivity contribution in [3.05, 3.63) is 17.5 Å². The Labute approximate surface area is 124 Å². The summed E-state index contributed by atoms with van der Waals surface area (Å²) < 4.78 is 0. The van der Waals surface area contributed by atoms with Gasteiger partial charge in [0.2, 0.25) is 5.91 Å². The van der Waals surface area contributed by atoms with Crippen LogP contribution in [-0.2, 0) is 4.79 Å². The fourth-order valence-electron chi connectivity index (χ4n) is 3.74. The van der Waals surface area contributed by atoms with Gasteiger partial charge in [-0.25, -0.2) is 9.97 Å². The number of nitrogens with zero attached hydrogens (tertiary/aromatic N) is 2. The number of anilines is 1. The zero-order valence-corrected chi connectivity index (χ0v) is 12.3. The predicted molar refractivity (Wildman–Crippen MR) is 78.5 cm³/mol. The molecule has 1 aromatic heterocycles. The van der Waals surface area contributed by atoms with Gasteiger partial charge >= 0.3 is 0 Å². The topological polar surface area (TPSA) is 54.9 Å². The van der Waals surface area contributed by atoms with Gasteiger partial charge in [0.15, 0.2) is 11.0 Å². The molecule has 1 N–H and O–H groups in total. The average Bonchev–Trinajstić information content (AvgIpc) is 2.49. The van der Waals surface area contributed by atoms with Gasteiger partial charge in [-0.2, -0.15) is 0 Å². The first kappa shape index (κ1) is 13.8. The highest BCUT2D eigenvalue weighted by Gasteiger charge is 2.35. The summed E-state index contributed by atoms with van der Waals surface area (Å²) in [6.45, 7) is 0. The third kappa shape index (κ3) is 2.95. The summed E-state index contributed by atoms with van der Waals surface area (Å²) in [6.07, 6.45) is 11.6. The second-order valence-electron chi connectivity index (χ2n) is 6.00. The standard InChI is InChI=1S/C15H20ClN3O/c16-13-14(18-8-7-17-13)19-15(20)12-6-5-10-3-1-2-4-11(10)9-12/h7-8,10-12H,1-6,9H2,(H,18,19,20). The number of halogens is 1. The molecule has 2 saturated carbocycles. The normalized spacial score (nSPS) is 29.6. The summed E-state index contributed by atoms with van der Waals surface area (Å²) in [7, 11) is 0. The van der Waals surface area contributed by atoms with Crippen molar-refractivity contribution in [1.82, 2.24) is 9.97 Å².